The summed E-state index contributed by atoms with van der Waals surface area (Å²) in [4.78, 5) is 19.7. The molecule has 0 fully saturated rings. The first-order valence-electron chi connectivity index (χ1n) is 10.9. The van der Waals surface area contributed by atoms with Crippen molar-refractivity contribution in [1.29, 1.82) is 0 Å². The van der Waals surface area contributed by atoms with Gasteiger partial charge in [0.2, 0.25) is 0 Å². The average Bonchev–Trinajstić information content (AvgIpc) is 3.26. The van der Waals surface area contributed by atoms with Gasteiger partial charge in [0.05, 0.1) is 5.70 Å². The standard InChI is InChI=1S/C26H25N3OS/c1-2-3-4-5-15-28-25-23-19-13-14-21(31-17-11-9-16(27)10-12-17)18-7-6-8-20(22(18)19)24(23)29-26(25)30/h6-14H,2-5,15,27H2,1H3,(H,28,29,30). The van der Waals surface area contributed by atoms with Crippen LogP contribution in [0.1, 0.15) is 43.7 Å². The van der Waals surface area contributed by atoms with Crippen LogP contribution in [0.4, 0.5) is 5.69 Å². The molecular formula is C26H25N3OS. The molecule has 3 aromatic rings. The number of nitrogen functional groups attached to an aromatic ring is 1. The zero-order valence-corrected chi connectivity index (χ0v) is 18.4. The summed E-state index contributed by atoms with van der Waals surface area (Å²) < 4.78 is 0. The maximum absolute atomic E-state index is 12.7. The Kier molecular flexibility index (Phi) is 5.28. The Labute approximate surface area is 186 Å². The van der Waals surface area contributed by atoms with Gasteiger partial charge in [-0.25, -0.2) is 0 Å². The van der Waals surface area contributed by atoms with E-state index in [-0.39, 0.29) is 5.91 Å². The number of fused-ring (bicyclic) bond motifs is 2. The number of unbranched alkanes of at least 4 members (excludes halogenated alkanes) is 3. The highest BCUT2D eigenvalue weighted by molar-refractivity contribution is 7.99. The summed E-state index contributed by atoms with van der Waals surface area (Å²) in [5, 5.41) is 5.49. The van der Waals surface area contributed by atoms with Crippen LogP contribution in [0, 0.1) is 0 Å². The molecule has 1 aliphatic carbocycles. The van der Waals surface area contributed by atoms with Gasteiger partial charge in [-0.15, -0.1) is 0 Å². The minimum absolute atomic E-state index is 0.0801. The molecule has 1 amide bonds. The van der Waals surface area contributed by atoms with E-state index in [1.807, 2.05) is 24.3 Å². The number of nitrogens with one attached hydrogen (secondary N) is 1. The van der Waals surface area contributed by atoms with Gasteiger partial charge in [0.15, 0.2) is 0 Å². The van der Waals surface area contributed by atoms with Crippen LogP contribution in [0.15, 0.2) is 69.4 Å². The molecule has 2 aliphatic rings. The molecule has 5 rings (SSSR count). The summed E-state index contributed by atoms with van der Waals surface area (Å²) in [7, 11) is 0. The number of hydrogen-bond donors (Lipinski definition) is 2. The normalized spacial score (nSPS) is 15.8. The van der Waals surface area contributed by atoms with Gasteiger partial charge in [-0.1, -0.05) is 62.2 Å². The lowest BCUT2D eigenvalue weighted by molar-refractivity contribution is -0.113. The fourth-order valence-electron chi connectivity index (χ4n) is 4.36. The Balaban J connectivity index is 1.51. The molecule has 0 atom stereocenters. The van der Waals surface area contributed by atoms with Gasteiger partial charge < -0.3 is 11.1 Å². The predicted molar refractivity (Wildman–Crippen MR) is 130 cm³/mol. The summed E-state index contributed by atoms with van der Waals surface area (Å²) in [6.07, 6.45) is 4.58. The molecule has 3 N–H and O–H groups in total. The molecule has 0 radical (unpaired) electrons. The third-order valence-electron chi connectivity index (χ3n) is 5.87. The van der Waals surface area contributed by atoms with Gasteiger partial charge in [-0.05, 0) is 47.7 Å². The lowest BCUT2D eigenvalue weighted by Gasteiger charge is -2.12. The smallest absolute Gasteiger partial charge is 0.274 e. The number of anilines is 1. The summed E-state index contributed by atoms with van der Waals surface area (Å²) in [5.74, 6) is -0.0801. The topological polar surface area (TPSA) is 67.5 Å². The quantitative estimate of drug-likeness (QED) is 0.364. The Bertz CT molecular complexity index is 1240. The molecule has 31 heavy (non-hydrogen) atoms. The lowest BCUT2D eigenvalue weighted by atomic mass is 10.00. The zero-order chi connectivity index (χ0) is 21.4. The number of carbonyl (C=O) groups excluding carboxylic acids is 1. The highest BCUT2D eigenvalue weighted by Gasteiger charge is 2.37. The van der Waals surface area contributed by atoms with Crippen molar-refractivity contribution in [2.45, 2.75) is 42.4 Å². The first kappa shape index (κ1) is 19.9. The molecule has 0 aromatic heterocycles. The summed E-state index contributed by atoms with van der Waals surface area (Å²) in [6.45, 7) is 2.90. The van der Waals surface area contributed by atoms with Crippen molar-refractivity contribution in [1.82, 2.24) is 5.32 Å². The van der Waals surface area contributed by atoms with Gasteiger partial charge in [-0.3, -0.25) is 9.79 Å². The van der Waals surface area contributed by atoms with Crippen molar-refractivity contribution < 1.29 is 4.79 Å². The largest absolute Gasteiger partial charge is 0.399 e. The first-order chi connectivity index (χ1) is 15.2. The van der Waals surface area contributed by atoms with E-state index in [0.717, 1.165) is 45.8 Å². The van der Waals surface area contributed by atoms with E-state index >= 15 is 0 Å². The maximum Gasteiger partial charge on any atom is 0.274 e. The minimum atomic E-state index is -0.0801. The number of amides is 1. The van der Waals surface area contributed by atoms with E-state index in [0.29, 0.717) is 12.3 Å². The third kappa shape index (κ3) is 3.53. The SMILES string of the molecule is CCCCCCN=C1C(=O)NC2=C1c1ccc(Sc3ccc(N)cc3)c3cccc2c13. The second-order valence-corrected chi connectivity index (χ2v) is 9.12. The Hall–Kier alpha value is -3.05. The molecule has 0 saturated heterocycles. The van der Waals surface area contributed by atoms with Gasteiger partial charge >= 0.3 is 0 Å². The fourth-order valence-corrected chi connectivity index (χ4v) is 5.30. The number of nitrogens with zero attached hydrogens (tertiary/aromatic N) is 1. The van der Waals surface area contributed by atoms with Crippen LogP contribution < -0.4 is 11.1 Å². The Morgan fingerprint density at radius 3 is 2.61 bits per heavy atom. The summed E-state index contributed by atoms with van der Waals surface area (Å²) in [6, 6.07) is 18.6. The molecule has 0 unspecified atom stereocenters. The lowest BCUT2D eigenvalue weighted by Crippen LogP contribution is -2.22. The number of aliphatic imine (C=N–C) groups is 1. The van der Waals surface area contributed by atoms with E-state index in [4.69, 9.17) is 10.7 Å². The minimum Gasteiger partial charge on any atom is -0.399 e. The number of rotatable bonds is 7. The van der Waals surface area contributed by atoms with Crippen molar-refractivity contribution in [3.05, 3.63) is 65.7 Å². The van der Waals surface area contributed by atoms with E-state index in [2.05, 4.69) is 42.6 Å². The van der Waals surface area contributed by atoms with Crippen molar-refractivity contribution in [2.24, 2.45) is 4.99 Å². The van der Waals surface area contributed by atoms with E-state index in [1.165, 1.54) is 28.5 Å². The Morgan fingerprint density at radius 1 is 0.968 bits per heavy atom. The monoisotopic (exact) mass is 427 g/mol. The zero-order valence-electron chi connectivity index (χ0n) is 17.6. The van der Waals surface area contributed by atoms with Crippen LogP contribution in [0.2, 0.25) is 0 Å². The number of nitrogens with two attached hydrogens (primary N) is 1. The van der Waals surface area contributed by atoms with Crippen molar-refractivity contribution in [3.63, 3.8) is 0 Å². The van der Waals surface area contributed by atoms with Crippen LogP contribution in [0.25, 0.3) is 22.0 Å². The molecule has 3 aromatic carbocycles. The van der Waals surface area contributed by atoms with Gasteiger partial charge in [0.1, 0.15) is 5.71 Å². The fraction of sp³-hybridized carbons (Fsp3) is 0.231. The van der Waals surface area contributed by atoms with E-state index < -0.39 is 0 Å². The molecule has 0 saturated carbocycles. The number of carbonyl (C=O) groups is 1. The molecular weight excluding hydrogens is 402 g/mol. The molecule has 4 nitrogen and oxygen atoms in total. The van der Waals surface area contributed by atoms with Gasteiger partial charge in [0.25, 0.3) is 5.91 Å². The van der Waals surface area contributed by atoms with Crippen LogP contribution >= 0.6 is 11.8 Å². The third-order valence-corrected chi connectivity index (χ3v) is 6.95. The molecule has 0 bridgehead atoms. The van der Waals surface area contributed by atoms with E-state index in [9.17, 15) is 4.79 Å². The molecule has 0 spiro atoms. The molecule has 1 heterocycles. The summed E-state index contributed by atoms with van der Waals surface area (Å²) >= 11 is 1.73. The molecule has 5 heteroatoms. The van der Waals surface area contributed by atoms with E-state index in [1.54, 1.807) is 11.8 Å². The van der Waals surface area contributed by atoms with Crippen LogP contribution in [0.3, 0.4) is 0 Å². The predicted octanol–water partition coefficient (Wildman–Crippen LogP) is 5.91. The van der Waals surface area contributed by atoms with Crippen molar-refractivity contribution in [3.8, 4) is 0 Å². The van der Waals surface area contributed by atoms with Crippen molar-refractivity contribution in [2.75, 3.05) is 12.3 Å². The second-order valence-electron chi connectivity index (χ2n) is 8.01. The van der Waals surface area contributed by atoms with Crippen molar-refractivity contribution >= 4 is 51.1 Å². The van der Waals surface area contributed by atoms with Gasteiger partial charge in [0, 0.05) is 38.5 Å². The van der Waals surface area contributed by atoms with Crippen LogP contribution in [-0.4, -0.2) is 18.2 Å². The van der Waals surface area contributed by atoms with Crippen LogP contribution in [0.5, 0.6) is 0 Å². The molecule has 1 aliphatic heterocycles. The molecule has 156 valence electrons. The maximum atomic E-state index is 12.7. The number of hydrogen-bond acceptors (Lipinski definition) is 4. The summed E-state index contributed by atoms with van der Waals surface area (Å²) in [5.41, 5.74) is 11.3. The highest BCUT2D eigenvalue weighted by atomic mass is 32.2. The first-order valence-corrected chi connectivity index (χ1v) is 11.7. The highest BCUT2D eigenvalue weighted by Crippen LogP contribution is 2.47. The van der Waals surface area contributed by atoms with Crippen LogP contribution in [-0.2, 0) is 4.79 Å². The number of benzene rings is 3. The Morgan fingerprint density at radius 2 is 1.81 bits per heavy atom. The second kappa shape index (κ2) is 8.23. The average molecular weight is 428 g/mol. The van der Waals surface area contributed by atoms with Gasteiger partial charge in [-0.2, -0.15) is 0 Å².